The fourth-order valence-electron chi connectivity index (χ4n) is 3.42. The van der Waals surface area contributed by atoms with E-state index in [0.717, 1.165) is 6.26 Å². The van der Waals surface area contributed by atoms with Gasteiger partial charge in [0.05, 0.1) is 18.6 Å². The predicted octanol–water partition coefficient (Wildman–Crippen LogP) is 0.869. The second-order valence-electron chi connectivity index (χ2n) is 7.96. The first-order chi connectivity index (χ1) is 13.3. The summed E-state index contributed by atoms with van der Waals surface area (Å²) in [5.41, 5.74) is 5.45. The molecule has 4 atom stereocenters. The first-order valence-corrected chi connectivity index (χ1v) is 10.9. The Bertz CT molecular complexity index is 886. The van der Waals surface area contributed by atoms with Crippen molar-refractivity contribution in [1.82, 2.24) is 4.98 Å². The molecule has 2 aliphatic heterocycles. The van der Waals surface area contributed by atoms with Gasteiger partial charge in [0.1, 0.15) is 30.1 Å². The summed E-state index contributed by atoms with van der Waals surface area (Å²) in [7, 11) is -3.91. The van der Waals surface area contributed by atoms with E-state index in [2.05, 4.69) is 4.98 Å². The van der Waals surface area contributed by atoms with E-state index >= 15 is 0 Å². The lowest BCUT2D eigenvalue weighted by Crippen LogP contribution is -2.42. The van der Waals surface area contributed by atoms with Crippen LogP contribution < -0.4 is 5.73 Å². The smallest absolute Gasteiger partial charge is 0.267 e. The van der Waals surface area contributed by atoms with Crippen LogP contribution in [0.1, 0.15) is 50.0 Å². The van der Waals surface area contributed by atoms with Crippen molar-refractivity contribution >= 4 is 16.0 Å². The number of primary amides is 1. The summed E-state index contributed by atoms with van der Waals surface area (Å²) in [6.45, 7) is 7.17. The zero-order chi connectivity index (χ0) is 21.6. The highest BCUT2D eigenvalue weighted by Gasteiger charge is 2.53. The largest absolute Gasteiger partial charge is 0.364 e. The van der Waals surface area contributed by atoms with Crippen LogP contribution in [0, 0.1) is 0 Å². The fourth-order valence-corrected chi connectivity index (χ4v) is 4.01. The Labute approximate surface area is 169 Å². The van der Waals surface area contributed by atoms with E-state index in [1.54, 1.807) is 27.7 Å². The minimum atomic E-state index is -3.91. The van der Waals surface area contributed by atoms with Gasteiger partial charge in [0.25, 0.3) is 16.0 Å². The number of hydrogen-bond acceptors (Lipinski definition) is 9. The first-order valence-electron chi connectivity index (χ1n) is 9.09. The average molecular weight is 430 g/mol. The SMILES string of the molecule is CC1(C)O[C@@H]([C@H](OS(C)(=O)=O)c2cccc(C(N)=O)n2)[C@@H]([C@H]2COC(C)(C)O2)O1. The van der Waals surface area contributed by atoms with Gasteiger partial charge in [0.15, 0.2) is 11.6 Å². The van der Waals surface area contributed by atoms with Gasteiger partial charge in [-0.1, -0.05) is 6.07 Å². The highest BCUT2D eigenvalue weighted by molar-refractivity contribution is 7.86. The van der Waals surface area contributed by atoms with Crippen LogP contribution in [0.15, 0.2) is 18.2 Å². The molecule has 162 valence electrons. The number of nitrogens with zero attached hydrogens (tertiary/aromatic N) is 1. The summed E-state index contributed by atoms with van der Waals surface area (Å²) in [4.78, 5) is 15.7. The van der Waals surface area contributed by atoms with Crippen molar-refractivity contribution in [2.24, 2.45) is 5.73 Å². The summed E-state index contributed by atoms with van der Waals surface area (Å²) in [5, 5.41) is 0. The summed E-state index contributed by atoms with van der Waals surface area (Å²) >= 11 is 0. The summed E-state index contributed by atoms with van der Waals surface area (Å²) in [5.74, 6) is -2.60. The minimum absolute atomic E-state index is 0.0269. The van der Waals surface area contributed by atoms with E-state index < -0.39 is 52.0 Å². The van der Waals surface area contributed by atoms with Crippen molar-refractivity contribution in [1.29, 1.82) is 0 Å². The number of amides is 1. The number of ether oxygens (including phenoxy) is 4. The molecular weight excluding hydrogens is 404 g/mol. The zero-order valence-electron chi connectivity index (χ0n) is 16.9. The minimum Gasteiger partial charge on any atom is -0.364 e. The van der Waals surface area contributed by atoms with Crippen LogP contribution in [0.25, 0.3) is 0 Å². The third-order valence-corrected chi connectivity index (χ3v) is 5.01. The van der Waals surface area contributed by atoms with Gasteiger partial charge in [-0.05, 0) is 39.8 Å². The normalized spacial score (nSPS) is 29.6. The molecule has 1 aromatic rings. The third kappa shape index (κ3) is 5.30. The summed E-state index contributed by atoms with van der Waals surface area (Å²) in [6.07, 6.45) is -2.41. The number of rotatable bonds is 6. The van der Waals surface area contributed by atoms with E-state index in [9.17, 15) is 13.2 Å². The van der Waals surface area contributed by atoms with E-state index in [-0.39, 0.29) is 18.0 Å². The lowest BCUT2D eigenvalue weighted by Gasteiger charge is -2.28. The summed E-state index contributed by atoms with van der Waals surface area (Å²) in [6, 6.07) is 4.49. The van der Waals surface area contributed by atoms with Gasteiger partial charge in [-0.3, -0.25) is 8.98 Å². The zero-order valence-corrected chi connectivity index (χ0v) is 17.8. The Morgan fingerprint density at radius 2 is 1.90 bits per heavy atom. The molecule has 3 rings (SSSR count). The molecule has 0 bridgehead atoms. The highest BCUT2D eigenvalue weighted by atomic mass is 32.2. The molecule has 10 nitrogen and oxygen atoms in total. The number of carbonyl (C=O) groups is 1. The maximum atomic E-state index is 12.0. The van der Waals surface area contributed by atoms with Crippen LogP contribution in [0.5, 0.6) is 0 Å². The molecular formula is C18H26N2O8S. The Morgan fingerprint density at radius 3 is 2.45 bits per heavy atom. The molecule has 1 amide bonds. The molecule has 0 unspecified atom stereocenters. The number of hydrogen-bond donors (Lipinski definition) is 1. The summed E-state index contributed by atoms with van der Waals surface area (Å²) < 4.78 is 52.9. The first kappa shape index (κ1) is 22.1. The quantitative estimate of drug-likeness (QED) is 0.652. The highest BCUT2D eigenvalue weighted by Crippen LogP contribution is 2.41. The third-order valence-electron chi connectivity index (χ3n) is 4.45. The van der Waals surface area contributed by atoms with Crippen LogP contribution in [0.3, 0.4) is 0 Å². The maximum absolute atomic E-state index is 12.0. The van der Waals surface area contributed by atoms with Gasteiger partial charge in [-0.2, -0.15) is 8.42 Å². The predicted molar refractivity (Wildman–Crippen MR) is 100 cm³/mol. The van der Waals surface area contributed by atoms with Crippen molar-refractivity contribution in [2.75, 3.05) is 12.9 Å². The monoisotopic (exact) mass is 430 g/mol. The van der Waals surface area contributed by atoms with E-state index in [1.807, 2.05) is 0 Å². The molecule has 29 heavy (non-hydrogen) atoms. The Morgan fingerprint density at radius 1 is 1.21 bits per heavy atom. The second-order valence-corrected chi connectivity index (χ2v) is 9.57. The Kier molecular flexibility index (Phi) is 5.75. The number of carbonyl (C=O) groups excluding carboxylic acids is 1. The Balaban J connectivity index is 2.01. The maximum Gasteiger partial charge on any atom is 0.267 e. The molecule has 2 aliphatic rings. The van der Waals surface area contributed by atoms with Crippen molar-refractivity contribution in [3.8, 4) is 0 Å². The lowest BCUT2D eigenvalue weighted by atomic mass is 10.0. The van der Waals surface area contributed by atoms with Gasteiger partial charge in [0, 0.05) is 0 Å². The van der Waals surface area contributed by atoms with Crippen LogP contribution in [-0.4, -0.2) is 62.1 Å². The molecule has 0 saturated carbocycles. The van der Waals surface area contributed by atoms with Gasteiger partial charge >= 0.3 is 0 Å². The van der Waals surface area contributed by atoms with Crippen LogP contribution >= 0.6 is 0 Å². The molecule has 2 N–H and O–H groups in total. The van der Waals surface area contributed by atoms with E-state index in [4.69, 9.17) is 28.9 Å². The number of pyridine rings is 1. The van der Waals surface area contributed by atoms with Gasteiger partial charge < -0.3 is 24.7 Å². The molecule has 2 fully saturated rings. The molecule has 3 heterocycles. The molecule has 2 saturated heterocycles. The number of nitrogens with two attached hydrogens (primary N) is 1. The van der Waals surface area contributed by atoms with Crippen molar-refractivity contribution in [3.05, 3.63) is 29.6 Å². The van der Waals surface area contributed by atoms with Crippen LogP contribution in [0.4, 0.5) is 0 Å². The van der Waals surface area contributed by atoms with E-state index in [1.165, 1.54) is 18.2 Å². The van der Waals surface area contributed by atoms with Gasteiger partial charge in [-0.25, -0.2) is 4.98 Å². The van der Waals surface area contributed by atoms with Gasteiger partial charge in [-0.15, -0.1) is 0 Å². The van der Waals surface area contributed by atoms with E-state index in [0.29, 0.717) is 0 Å². The molecule has 0 radical (unpaired) electrons. The molecule has 0 aliphatic carbocycles. The molecule has 11 heteroatoms. The topological polar surface area (TPSA) is 136 Å². The van der Waals surface area contributed by atoms with Gasteiger partial charge in [0.2, 0.25) is 0 Å². The van der Waals surface area contributed by atoms with Crippen LogP contribution in [0.2, 0.25) is 0 Å². The van der Waals surface area contributed by atoms with Crippen molar-refractivity contribution in [3.63, 3.8) is 0 Å². The Hall–Kier alpha value is -1.63. The fraction of sp³-hybridized carbons (Fsp3) is 0.667. The molecule has 1 aromatic heterocycles. The molecule has 0 spiro atoms. The van der Waals surface area contributed by atoms with Crippen LogP contribution in [-0.2, 0) is 33.2 Å². The second kappa shape index (κ2) is 7.56. The molecule has 0 aromatic carbocycles. The number of aromatic nitrogens is 1. The average Bonchev–Trinajstić information content (AvgIpc) is 3.10. The lowest BCUT2D eigenvalue weighted by molar-refractivity contribution is -0.175. The van der Waals surface area contributed by atoms with Crippen molar-refractivity contribution < 1.29 is 36.3 Å². The van der Waals surface area contributed by atoms with Crippen molar-refractivity contribution in [2.45, 2.75) is 63.7 Å². The standard InChI is InChI=1S/C18H26N2O8S/c1-17(2)24-9-12(25-17)14-15(27-18(3,4)26-14)13(28-29(5,22)23)10-7-6-8-11(20-10)16(19)21/h6-8,12-15H,9H2,1-5H3,(H2,19,21)/t12-,13-,14-,15+/m1/s1.